The van der Waals surface area contributed by atoms with Crippen molar-refractivity contribution in [3.05, 3.63) is 34.6 Å². The third-order valence-corrected chi connectivity index (χ3v) is 2.15. The van der Waals surface area contributed by atoms with Gasteiger partial charge in [0.15, 0.2) is 0 Å². The molecule has 0 bridgehead atoms. The number of rotatable bonds is 2. The summed E-state index contributed by atoms with van der Waals surface area (Å²) in [5.74, 6) is -2.35. The fraction of sp³-hybridized carbons (Fsp3) is 0.222. The van der Waals surface area contributed by atoms with Gasteiger partial charge in [0.1, 0.15) is 5.82 Å². The van der Waals surface area contributed by atoms with Crippen LogP contribution in [0.4, 0.5) is 8.78 Å². The van der Waals surface area contributed by atoms with Crippen molar-refractivity contribution in [1.82, 2.24) is 0 Å². The highest BCUT2D eigenvalue weighted by Crippen LogP contribution is 2.28. The molecular formula is C9H7ClF2O2. The lowest BCUT2D eigenvalue weighted by molar-refractivity contribution is -0.150. The Bertz CT molecular complexity index is 377. The number of hydrogen-bond acceptors (Lipinski definition) is 1. The lowest BCUT2D eigenvalue weighted by Crippen LogP contribution is -2.26. The van der Waals surface area contributed by atoms with Crippen LogP contribution in [0.1, 0.15) is 12.5 Å². The van der Waals surface area contributed by atoms with Gasteiger partial charge in [-0.2, -0.15) is 0 Å². The van der Waals surface area contributed by atoms with Crippen LogP contribution in [-0.4, -0.2) is 11.1 Å². The molecule has 1 atom stereocenters. The molecule has 1 N–H and O–H groups in total. The Balaban J connectivity index is 3.21. The van der Waals surface area contributed by atoms with Crippen molar-refractivity contribution >= 4 is 17.6 Å². The second kappa shape index (κ2) is 3.53. The summed E-state index contributed by atoms with van der Waals surface area (Å²) in [5, 5.41) is 8.24. The van der Waals surface area contributed by atoms with Crippen LogP contribution in [0, 0.1) is 5.82 Å². The number of aliphatic carboxylic acids is 1. The first-order valence-corrected chi connectivity index (χ1v) is 4.11. The van der Waals surface area contributed by atoms with Crippen molar-refractivity contribution in [2.24, 2.45) is 0 Å². The number of hydrogen-bond donors (Lipinski definition) is 1. The monoisotopic (exact) mass is 220 g/mol. The average molecular weight is 221 g/mol. The van der Waals surface area contributed by atoms with Gasteiger partial charge in [0.25, 0.3) is 0 Å². The highest BCUT2D eigenvalue weighted by atomic mass is 35.5. The molecule has 0 aliphatic rings. The summed E-state index contributed by atoms with van der Waals surface area (Å²) in [4.78, 5) is 10.5. The maximum Gasteiger partial charge on any atom is 0.345 e. The maximum absolute atomic E-state index is 13.5. The second-order valence-electron chi connectivity index (χ2n) is 2.94. The van der Waals surface area contributed by atoms with Crippen molar-refractivity contribution in [3.8, 4) is 0 Å². The molecule has 2 nitrogen and oxygen atoms in total. The first kappa shape index (κ1) is 10.9. The number of benzene rings is 1. The average Bonchev–Trinajstić information content (AvgIpc) is 2.09. The largest absolute Gasteiger partial charge is 0.479 e. The van der Waals surface area contributed by atoms with Crippen LogP contribution in [0.3, 0.4) is 0 Å². The molecule has 1 aromatic rings. The lowest BCUT2D eigenvalue weighted by Gasteiger charge is -2.15. The standard InChI is InChI=1S/C9H7ClF2O2/c1-9(12,8(13)14)5-2-3-7(11)6(10)4-5/h2-4H,1H3,(H,13,14). The predicted octanol–water partition coefficient (Wildman–Crippen LogP) is 2.75. The molecule has 0 spiro atoms. The molecule has 14 heavy (non-hydrogen) atoms. The first-order chi connectivity index (χ1) is 6.35. The van der Waals surface area contributed by atoms with Crippen LogP contribution < -0.4 is 0 Å². The van der Waals surface area contributed by atoms with Gasteiger partial charge in [-0.25, -0.2) is 13.6 Å². The van der Waals surface area contributed by atoms with E-state index in [-0.39, 0.29) is 10.6 Å². The van der Waals surface area contributed by atoms with Crippen LogP contribution in [0.2, 0.25) is 5.02 Å². The fourth-order valence-electron chi connectivity index (χ4n) is 0.912. The topological polar surface area (TPSA) is 37.3 Å². The lowest BCUT2D eigenvalue weighted by atomic mass is 9.98. The fourth-order valence-corrected chi connectivity index (χ4v) is 1.09. The number of carbonyl (C=O) groups is 1. The Kier molecular flexibility index (Phi) is 2.76. The molecule has 0 saturated heterocycles. The summed E-state index contributed by atoms with van der Waals surface area (Å²) >= 11 is 5.39. The van der Waals surface area contributed by atoms with E-state index in [2.05, 4.69) is 0 Å². The molecule has 1 rings (SSSR count). The van der Waals surface area contributed by atoms with E-state index in [4.69, 9.17) is 16.7 Å². The van der Waals surface area contributed by atoms with Gasteiger partial charge >= 0.3 is 5.97 Å². The molecule has 0 heterocycles. The Morgan fingerprint density at radius 3 is 2.57 bits per heavy atom. The number of alkyl halides is 1. The Morgan fingerprint density at radius 2 is 2.14 bits per heavy atom. The molecule has 1 aromatic carbocycles. The Morgan fingerprint density at radius 1 is 1.57 bits per heavy atom. The van der Waals surface area contributed by atoms with Gasteiger partial charge in [-0.3, -0.25) is 0 Å². The summed E-state index contributed by atoms with van der Waals surface area (Å²) < 4.78 is 26.2. The SMILES string of the molecule is CC(F)(C(=O)O)c1ccc(F)c(Cl)c1. The van der Waals surface area contributed by atoms with E-state index >= 15 is 0 Å². The van der Waals surface area contributed by atoms with Gasteiger partial charge in [-0.05, 0) is 19.1 Å². The number of carboxylic acid groups (broad SMARTS) is 1. The zero-order valence-electron chi connectivity index (χ0n) is 7.22. The van der Waals surface area contributed by atoms with Gasteiger partial charge in [0.2, 0.25) is 5.67 Å². The summed E-state index contributed by atoms with van der Waals surface area (Å²) in [7, 11) is 0. The molecule has 0 aliphatic heterocycles. The zero-order chi connectivity index (χ0) is 10.9. The molecule has 76 valence electrons. The van der Waals surface area contributed by atoms with E-state index in [0.29, 0.717) is 0 Å². The molecule has 1 unspecified atom stereocenters. The van der Waals surface area contributed by atoms with Gasteiger partial charge in [-0.15, -0.1) is 0 Å². The highest BCUT2D eigenvalue weighted by Gasteiger charge is 2.35. The molecule has 0 radical (unpaired) electrons. The minimum atomic E-state index is -2.56. The van der Waals surface area contributed by atoms with Crippen LogP contribution in [0.25, 0.3) is 0 Å². The minimum Gasteiger partial charge on any atom is -0.479 e. The smallest absolute Gasteiger partial charge is 0.345 e. The van der Waals surface area contributed by atoms with E-state index in [0.717, 1.165) is 25.1 Å². The van der Waals surface area contributed by atoms with Crippen molar-refractivity contribution in [2.75, 3.05) is 0 Å². The normalized spacial score (nSPS) is 14.9. The third-order valence-electron chi connectivity index (χ3n) is 1.86. The van der Waals surface area contributed by atoms with E-state index in [9.17, 15) is 13.6 Å². The van der Waals surface area contributed by atoms with Crippen LogP contribution in [0.5, 0.6) is 0 Å². The highest BCUT2D eigenvalue weighted by molar-refractivity contribution is 6.30. The summed E-state index contributed by atoms with van der Waals surface area (Å²) in [6.07, 6.45) is 0. The van der Waals surface area contributed by atoms with E-state index in [1.807, 2.05) is 0 Å². The molecule has 0 saturated carbocycles. The van der Waals surface area contributed by atoms with Crippen molar-refractivity contribution in [2.45, 2.75) is 12.6 Å². The van der Waals surface area contributed by atoms with E-state index in [1.54, 1.807) is 0 Å². The molecule has 0 aliphatic carbocycles. The van der Waals surface area contributed by atoms with E-state index in [1.165, 1.54) is 0 Å². The van der Waals surface area contributed by atoms with Crippen LogP contribution >= 0.6 is 11.6 Å². The molecule has 0 fully saturated rings. The number of carboxylic acids is 1. The summed E-state index contributed by atoms with van der Waals surface area (Å²) in [6, 6.07) is 2.94. The van der Waals surface area contributed by atoms with Crippen molar-refractivity contribution in [1.29, 1.82) is 0 Å². The van der Waals surface area contributed by atoms with Crippen LogP contribution in [0.15, 0.2) is 18.2 Å². The van der Waals surface area contributed by atoms with Gasteiger partial charge < -0.3 is 5.11 Å². The number of halogens is 3. The first-order valence-electron chi connectivity index (χ1n) is 3.73. The molecule has 5 heteroatoms. The Hall–Kier alpha value is -1.16. The molecule has 0 aromatic heterocycles. The molecule has 0 amide bonds. The van der Waals surface area contributed by atoms with Crippen molar-refractivity contribution < 1.29 is 18.7 Å². The van der Waals surface area contributed by atoms with Crippen molar-refractivity contribution in [3.63, 3.8) is 0 Å². The zero-order valence-corrected chi connectivity index (χ0v) is 7.98. The summed E-state index contributed by atoms with van der Waals surface area (Å²) in [6.45, 7) is 0.874. The third kappa shape index (κ3) is 1.85. The summed E-state index contributed by atoms with van der Waals surface area (Å²) in [5.41, 5.74) is -2.74. The van der Waals surface area contributed by atoms with E-state index < -0.39 is 17.5 Å². The second-order valence-corrected chi connectivity index (χ2v) is 3.34. The van der Waals surface area contributed by atoms with Gasteiger partial charge in [0, 0.05) is 5.56 Å². The van der Waals surface area contributed by atoms with Gasteiger partial charge in [-0.1, -0.05) is 17.7 Å². The Labute approximate surface area is 84.1 Å². The minimum absolute atomic E-state index is 0.184. The maximum atomic E-state index is 13.5. The quantitative estimate of drug-likeness (QED) is 0.832. The molecular weight excluding hydrogens is 214 g/mol. The predicted molar refractivity (Wildman–Crippen MR) is 47.5 cm³/mol. The van der Waals surface area contributed by atoms with Gasteiger partial charge in [0.05, 0.1) is 5.02 Å². The van der Waals surface area contributed by atoms with Crippen LogP contribution in [-0.2, 0) is 10.5 Å².